The van der Waals surface area contributed by atoms with Gasteiger partial charge >= 0.3 is 0 Å². The molecule has 0 N–H and O–H groups in total. The number of rotatable bonds is 4. The van der Waals surface area contributed by atoms with Gasteiger partial charge in [-0.1, -0.05) is 0 Å². The minimum atomic E-state index is -0.798. The number of hydrogen-bond donors (Lipinski definition) is 0. The standard InChI is InChI=1S/C12H18O3/c1-9(13)5-4-8-12(2)10(14)6-3-7-11(12)15/h3-8H2,1-2H3. The Morgan fingerprint density at radius 1 is 1.27 bits per heavy atom. The largest absolute Gasteiger partial charge is 0.300 e. The highest BCUT2D eigenvalue weighted by Gasteiger charge is 2.41. The summed E-state index contributed by atoms with van der Waals surface area (Å²) in [4.78, 5) is 34.2. The third-order valence-corrected chi connectivity index (χ3v) is 3.24. The van der Waals surface area contributed by atoms with Crippen molar-refractivity contribution in [3.05, 3.63) is 0 Å². The van der Waals surface area contributed by atoms with Gasteiger partial charge < -0.3 is 4.79 Å². The Morgan fingerprint density at radius 3 is 2.27 bits per heavy atom. The van der Waals surface area contributed by atoms with Crippen LogP contribution in [0.1, 0.15) is 52.4 Å². The molecule has 0 amide bonds. The molecule has 1 aliphatic rings. The van der Waals surface area contributed by atoms with E-state index in [1.165, 1.54) is 6.92 Å². The maximum Gasteiger partial charge on any atom is 0.146 e. The van der Waals surface area contributed by atoms with Crippen molar-refractivity contribution in [2.24, 2.45) is 5.41 Å². The summed E-state index contributed by atoms with van der Waals surface area (Å²) in [5, 5.41) is 0. The van der Waals surface area contributed by atoms with E-state index in [0.29, 0.717) is 38.5 Å². The fourth-order valence-corrected chi connectivity index (χ4v) is 2.09. The summed E-state index contributed by atoms with van der Waals surface area (Å²) in [6.07, 6.45) is 3.37. The predicted octanol–water partition coefficient (Wildman–Crippen LogP) is 2.07. The Balaban J connectivity index is 2.58. The summed E-state index contributed by atoms with van der Waals surface area (Å²) in [5.74, 6) is 0.235. The van der Waals surface area contributed by atoms with Crippen LogP contribution < -0.4 is 0 Å². The molecule has 0 aromatic heterocycles. The molecule has 84 valence electrons. The smallest absolute Gasteiger partial charge is 0.146 e. The predicted molar refractivity (Wildman–Crippen MR) is 56.5 cm³/mol. The second-order valence-electron chi connectivity index (χ2n) is 4.59. The quantitative estimate of drug-likeness (QED) is 0.667. The van der Waals surface area contributed by atoms with Gasteiger partial charge in [0.1, 0.15) is 17.3 Å². The van der Waals surface area contributed by atoms with Crippen LogP contribution in [0, 0.1) is 5.41 Å². The number of hydrogen-bond acceptors (Lipinski definition) is 3. The molecule has 0 saturated heterocycles. The van der Waals surface area contributed by atoms with Gasteiger partial charge in [0.15, 0.2) is 0 Å². The fourth-order valence-electron chi connectivity index (χ4n) is 2.09. The molecule has 0 atom stereocenters. The van der Waals surface area contributed by atoms with Crippen LogP contribution in [-0.2, 0) is 14.4 Å². The highest BCUT2D eigenvalue weighted by Crippen LogP contribution is 2.34. The minimum Gasteiger partial charge on any atom is -0.300 e. The van der Waals surface area contributed by atoms with Crippen LogP contribution in [0.15, 0.2) is 0 Å². The molecule has 0 radical (unpaired) electrons. The number of carbonyl (C=O) groups excluding carboxylic acids is 3. The van der Waals surface area contributed by atoms with E-state index >= 15 is 0 Å². The van der Waals surface area contributed by atoms with Crippen LogP contribution in [0.5, 0.6) is 0 Å². The molecule has 0 aromatic rings. The van der Waals surface area contributed by atoms with Crippen molar-refractivity contribution in [3.8, 4) is 0 Å². The number of Topliss-reactive ketones (excluding diaryl/α,β-unsaturated/α-hetero) is 3. The van der Waals surface area contributed by atoms with Gasteiger partial charge in [-0.25, -0.2) is 0 Å². The van der Waals surface area contributed by atoms with Gasteiger partial charge in [0.05, 0.1) is 5.41 Å². The lowest BCUT2D eigenvalue weighted by Gasteiger charge is -2.30. The molecule has 15 heavy (non-hydrogen) atoms. The molecule has 0 heterocycles. The maximum atomic E-state index is 11.7. The lowest BCUT2D eigenvalue weighted by Crippen LogP contribution is -2.39. The molecule has 0 spiro atoms. The van der Waals surface area contributed by atoms with Crippen LogP contribution in [-0.4, -0.2) is 17.3 Å². The molecule has 1 saturated carbocycles. The van der Waals surface area contributed by atoms with Gasteiger partial charge in [-0.2, -0.15) is 0 Å². The molecular weight excluding hydrogens is 192 g/mol. The van der Waals surface area contributed by atoms with E-state index in [9.17, 15) is 14.4 Å². The summed E-state index contributed by atoms with van der Waals surface area (Å²) in [6.45, 7) is 3.27. The van der Waals surface area contributed by atoms with E-state index in [2.05, 4.69) is 0 Å². The first-order valence-corrected chi connectivity index (χ1v) is 5.53. The molecule has 1 fully saturated rings. The second-order valence-corrected chi connectivity index (χ2v) is 4.59. The van der Waals surface area contributed by atoms with E-state index in [0.717, 1.165) is 0 Å². The highest BCUT2D eigenvalue weighted by molar-refractivity contribution is 6.08. The van der Waals surface area contributed by atoms with Gasteiger partial charge in [-0.3, -0.25) is 9.59 Å². The van der Waals surface area contributed by atoms with Crippen LogP contribution in [0.4, 0.5) is 0 Å². The van der Waals surface area contributed by atoms with Crippen molar-refractivity contribution in [3.63, 3.8) is 0 Å². The summed E-state index contributed by atoms with van der Waals surface area (Å²) in [5.41, 5.74) is -0.798. The Labute approximate surface area is 90.2 Å². The zero-order valence-electron chi connectivity index (χ0n) is 9.47. The van der Waals surface area contributed by atoms with Gasteiger partial charge in [-0.05, 0) is 33.1 Å². The van der Waals surface area contributed by atoms with Crippen LogP contribution >= 0.6 is 0 Å². The monoisotopic (exact) mass is 210 g/mol. The van der Waals surface area contributed by atoms with E-state index in [1.54, 1.807) is 6.92 Å². The van der Waals surface area contributed by atoms with Crippen LogP contribution in [0.2, 0.25) is 0 Å². The first-order chi connectivity index (χ1) is 6.97. The molecule has 0 aliphatic heterocycles. The van der Waals surface area contributed by atoms with Crippen molar-refractivity contribution in [2.75, 3.05) is 0 Å². The SMILES string of the molecule is CC(=O)CCCC1(C)C(=O)CCCC1=O. The minimum absolute atomic E-state index is 0.0577. The third kappa shape index (κ3) is 2.74. The van der Waals surface area contributed by atoms with Crippen LogP contribution in [0.25, 0.3) is 0 Å². The summed E-state index contributed by atoms with van der Waals surface area (Å²) < 4.78 is 0. The van der Waals surface area contributed by atoms with E-state index in [4.69, 9.17) is 0 Å². The first kappa shape index (κ1) is 12.1. The van der Waals surface area contributed by atoms with E-state index in [1.807, 2.05) is 0 Å². The van der Waals surface area contributed by atoms with E-state index < -0.39 is 5.41 Å². The Hall–Kier alpha value is -0.990. The van der Waals surface area contributed by atoms with Gasteiger partial charge in [-0.15, -0.1) is 0 Å². The van der Waals surface area contributed by atoms with Crippen molar-refractivity contribution in [1.82, 2.24) is 0 Å². The van der Waals surface area contributed by atoms with Gasteiger partial charge in [0, 0.05) is 19.3 Å². The summed E-state index contributed by atoms with van der Waals surface area (Å²) in [7, 11) is 0. The average molecular weight is 210 g/mol. The molecular formula is C12H18O3. The lowest BCUT2D eigenvalue weighted by atomic mass is 9.70. The third-order valence-electron chi connectivity index (χ3n) is 3.24. The fraction of sp³-hybridized carbons (Fsp3) is 0.750. The van der Waals surface area contributed by atoms with Crippen molar-refractivity contribution in [1.29, 1.82) is 0 Å². The lowest BCUT2D eigenvalue weighted by molar-refractivity contribution is -0.143. The number of carbonyl (C=O) groups is 3. The Morgan fingerprint density at radius 2 is 1.80 bits per heavy atom. The Kier molecular flexibility index (Phi) is 3.77. The summed E-state index contributed by atoms with van der Waals surface area (Å²) >= 11 is 0. The molecule has 3 heteroatoms. The molecule has 1 aliphatic carbocycles. The van der Waals surface area contributed by atoms with E-state index in [-0.39, 0.29) is 17.3 Å². The first-order valence-electron chi connectivity index (χ1n) is 5.53. The van der Waals surface area contributed by atoms with Gasteiger partial charge in [0.2, 0.25) is 0 Å². The topological polar surface area (TPSA) is 51.2 Å². The number of ketones is 3. The van der Waals surface area contributed by atoms with Crippen molar-refractivity contribution in [2.45, 2.75) is 52.4 Å². The van der Waals surface area contributed by atoms with Gasteiger partial charge in [0.25, 0.3) is 0 Å². The normalized spacial score (nSPS) is 20.4. The molecule has 0 unspecified atom stereocenters. The van der Waals surface area contributed by atoms with Crippen molar-refractivity contribution >= 4 is 17.3 Å². The van der Waals surface area contributed by atoms with Crippen LogP contribution in [0.3, 0.4) is 0 Å². The second kappa shape index (κ2) is 4.69. The maximum absolute atomic E-state index is 11.7. The summed E-state index contributed by atoms with van der Waals surface area (Å²) in [6, 6.07) is 0. The zero-order valence-corrected chi connectivity index (χ0v) is 9.47. The molecule has 1 rings (SSSR count). The molecule has 0 aromatic carbocycles. The molecule has 0 bridgehead atoms. The Bertz CT molecular complexity index is 275. The molecule has 3 nitrogen and oxygen atoms in total. The van der Waals surface area contributed by atoms with Crippen molar-refractivity contribution < 1.29 is 14.4 Å². The zero-order chi connectivity index (χ0) is 11.5. The average Bonchev–Trinajstić information content (AvgIpc) is 2.14. The highest BCUT2D eigenvalue weighted by atomic mass is 16.2.